The van der Waals surface area contributed by atoms with Gasteiger partial charge in [0.05, 0.1) is 6.20 Å². The summed E-state index contributed by atoms with van der Waals surface area (Å²) in [4.78, 5) is 2.22. The number of hydrogen-bond donors (Lipinski definition) is 2. The molecule has 0 unspecified atom stereocenters. The molecule has 1 aliphatic heterocycles. The van der Waals surface area contributed by atoms with Gasteiger partial charge in [-0.25, -0.2) is 13.1 Å². The number of likely N-dealkylation sites (N-methyl/N-ethyl adjacent to an activating group) is 1. The average Bonchev–Trinajstić information content (AvgIpc) is 3.24. The van der Waals surface area contributed by atoms with Crippen molar-refractivity contribution in [2.45, 2.75) is 49.7 Å². The van der Waals surface area contributed by atoms with Crippen LogP contribution in [0.4, 0.5) is 0 Å². The third-order valence-corrected chi connectivity index (χ3v) is 8.27. The van der Waals surface area contributed by atoms with E-state index in [1.807, 2.05) is 14.0 Å². The lowest BCUT2D eigenvalue weighted by Crippen LogP contribution is -2.52. The average molecular weight is 421 g/mol. The minimum atomic E-state index is -3.65. The highest BCUT2D eigenvalue weighted by molar-refractivity contribution is 7.89. The minimum Gasteiger partial charge on any atom is -0.304 e. The summed E-state index contributed by atoms with van der Waals surface area (Å²) in [6.45, 7) is 4.82. The number of hydrogen-bond acceptors (Lipinski definition) is 6. The van der Waals surface area contributed by atoms with Crippen molar-refractivity contribution in [1.82, 2.24) is 28.4 Å². The second-order valence-corrected chi connectivity index (χ2v) is 10.6. The van der Waals surface area contributed by atoms with Gasteiger partial charge in [0.15, 0.2) is 0 Å². The van der Waals surface area contributed by atoms with Crippen molar-refractivity contribution in [1.29, 1.82) is 0 Å². The molecule has 1 aromatic rings. The van der Waals surface area contributed by atoms with Crippen LogP contribution >= 0.6 is 0 Å². The lowest BCUT2D eigenvalue weighted by Gasteiger charge is -2.32. The molecule has 1 saturated heterocycles. The van der Waals surface area contributed by atoms with Crippen LogP contribution in [0, 0.1) is 0 Å². The van der Waals surface area contributed by atoms with E-state index in [0.717, 1.165) is 0 Å². The Bertz CT molecular complexity index is 845. The summed E-state index contributed by atoms with van der Waals surface area (Å²) in [6, 6.07) is -0.555. The van der Waals surface area contributed by atoms with Gasteiger partial charge in [-0.2, -0.15) is 22.5 Å². The first kappa shape index (κ1) is 20.7. The summed E-state index contributed by atoms with van der Waals surface area (Å²) in [5.74, 6) is 0. The Balaban J connectivity index is 1.55. The summed E-state index contributed by atoms with van der Waals surface area (Å²) < 4.78 is 58.5. The van der Waals surface area contributed by atoms with Gasteiger partial charge in [0.25, 0.3) is 10.2 Å². The summed E-state index contributed by atoms with van der Waals surface area (Å²) in [5, 5.41) is 3.99. The molecular formula is C15H28N6O4S2. The Hall–Kier alpha value is -1.05. The zero-order valence-electron chi connectivity index (χ0n) is 15.7. The number of aryl methyl sites for hydroxylation is 1. The van der Waals surface area contributed by atoms with Gasteiger partial charge >= 0.3 is 0 Å². The number of sulfonamides is 1. The third-order valence-electron chi connectivity index (χ3n) is 5.12. The SMILES string of the molecule is CCn1cc(S(=O)(=O)N[C@H]2CC[C@@H](NS(=O)(=O)N3CCN(C)CC3)C2)cn1. The maximum Gasteiger partial charge on any atom is 0.279 e. The Morgan fingerprint density at radius 3 is 2.30 bits per heavy atom. The van der Waals surface area contributed by atoms with E-state index in [0.29, 0.717) is 52.0 Å². The van der Waals surface area contributed by atoms with Crippen LogP contribution in [0.3, 0.4) is 0 Å². The highest BCUT2D eigenvalue weighted by Crippen LogP contribution is 2.22. The lowest BCUT2D eigenvalue weighted by molar-refractivity contribution is 0.220. The molecule has 1 aliphatic carbocycles. The van der Waals surface area contributed by atoms with Crippen molar-refractivity contribution in [2.75, 3.05) is 33.2 Å². The second-order valence-electron chi connectivity index (χ2n) is 7.19. The molecule has 154 valence electrons. The van der Waals surface area contributed by atoms with E-state index in [1.165, 1.54) is 16.7 Å². The van der Waals surface area contributed by atoms with E-state index < -0.39 is 20.2 Å². The predicted octanol–water partition coefficient (Wildman–Crippen LogP) is -0.816. The van der Waals surface area contributed by atoms with Gasteiger partial charge in [0.2, 0.25) is 10.0 Å². The Kier molecular flexibility index (Phi) is 6.23. The molecule has 0 aromatic carbocycles. The summed E-state index contributed by atoms with van der Waals surface area (Å²) in [7, 11) is -5.23. The normalized spacial score (nSPS) is 25.9. The topological polar surface area (TPSA) is 117 Å². The molecule has 3 rings (SSSR count). The first-order valence-electron chi connectivity index (χ1n) is 9.20. The fraction of sp³-hybridized carbons (Fsp3) is 0.800. The van der Waals surface area contributed by atoms with Crippen LogP contribution in [-0.2, 0) is 26.8 Å². The summed E-state index contributed by atoms with van der Waals surface area (Å²) >= 11 is 0. The largest absolute Gasteiger partial charge is 0.304 e. The fourth-order valence-corrected chi connectivity index (χ4v) is 6.12. The second kappa shape index (κ2) is 8.13. The van der Waals surface area contributed by atoms with Gasteiger partial charge in [-0.15, -0.1) is 0 Å². The lowest BCUT2D eigenvalue weighted by atomic mass is 10.2. The molecule has 10 nitrogen and oxygen atoms in total. The molecule has 2 atom stereocenters. The predicted molar refractivity (Wildman–Crippen MR) is 101 cm³/mol. The maximum atomic E-state index is 12.5. The molecule has 2 heterocycles. The van der Waals surface area contributed by atoms with Crippen LogP contribution in [0.1, 0.15) is 26.2 Å². The number of nitrogens with one attached hydrogen (secondary N) is 2. The van der Waals surface area contributed by atoms with Gasteiger partial charge in [-0.3, -0.25) is 4.68 Å². The van der Waals surface area contributed by atoms with Crippen molar-refractivity contribution in [3.63, 3.8) is 0 Å². The molecule has 0 bridgehead atoms. The zero-order valence-corrected chi connectivity index (χ0v) is 17.3. The van der Waals surface area contributed by atoms with E-state index in [2.05, 4.69) is 19.4 Å². The number of aromatic nitrogens is 2. The Morgan fingerprint density at radius 1 is 1.07 bits per heavy atom. The summed E-state index contributed by atoms with van der Waals surface area (Å²) in [5.41, 5.74) is 0. The first-order valence-corrected chi connectivity index (χ1v) is 12.1. The third kappa shape index (κ3) is 5.06. The van der Waals surface area contributed by atoms with Gasteiger partial charge in [0.1, 0.15) is 4.90 Å². The molecule has 0 radical (unpaired) electrons. The van der Waals surface area contributed by atoms with E-state index in [4.69, 9.17) is 0 Å². The highest BCUT2D eigenvalue weighted by Gasteiger charge is 2.34. The van der Waals surface area contributed by atoms with Crippen LogP contribution < -0.4 is 9.44 Å². The zero-order chi connectivity index (χ0) is 19.7. The van der Waals surface area contributed by atoms with E-state index in [9.17, 15) is 16.8 Å². The molecule has 12 heteroatoms. The van der Waals surface area contributed by atoms with E-state index in [1.54, 1.807) is 4.68 Å². The van der Waals surface area contributed by atoms with Crippen LogP contribution in [0.5, 0.6) is 0 Å². The molecule has 2 N–H and O–H groups in total. The van der Waals surface area contributed by atoms with E-state index >= 15 is 0 Å². The van der Waals surface area contributed by atoms with Crippen LogP contribution in [0.2, 0.25) is 0 Å². The molecule has 1 aromatic heterocycles. The molecular weight excluding hydrogens is 392 g/mol. The van der Waals surface area contributed by atoms with Gasteiger partial charge in [0, 0.05) is 51.0 Å². The standard InChI is InChI=1S/C15H28N6O4S2/c1-3-20-12-15(11-16-20)26(22,23)17-13-4-5-14(10-13)18-27(24,25)21-8-6-19(2)7-9-21/h11-14,17-18H,3-10H2,1-2H3/t13-,14+/m0/s1. The van der Waals surface area contributed by atoms with Crippen LogP contribution in [0.15, 0.2) is 17.3 Å². The smallest absolute Gasteiger partial charge is 0.279 e. The van der Waals surface area contributed by atoms with Crippen molar-refractivity contribution in [3.05, 3.63) is 12.4 Å². The highest BCUT2D eigenvalue weighted by atomic mass is 32.2. The van der Waals surface area contributed by atoms with Gasteiger partial charge in [-0.1, -0.05) is 0 Å². The number of rotatable bonds is 7. The molecule has 27 heavy (non-hydrogen) atoms. The molecule has 2 aliphatic rings. The van der Waals surface area contributed by atoms with Crippen LogP contribution in [0.25, 0.3) is 0 Å². The van der Waals surface area contributed by atoms with Crippen molar-refractivity contribution in [3.8, 4) is 0 Å². The van der Waals surface area contributed by atoms with Crippen molar-refractivity contribution < 1.29 is 16.8 Å². The quantitative estimate of drug-likeness (QED) is 0.596. The summed E-state index contributed by atoms with van der Waals surface area (Å²) in [6.07, 6.45) is 4.46. The molecule has 2 fully saturated rings. The fourth-order valence-electron chi connectivity index (χ4n) is 3.45. The van der Waals surface area contributed by atoms with Gasteiger partial charge in [-0.05, 0) is 33.2 Å². The van der Waals surface area contributed by atoms with Crippen molar-refractivity contribution in [2.24, 2.45) is 0 Å². The van der Waals surface area contributed by atoms with Crippen LogP contribution in [-0.4, -0.2) is 81.1 Å². The molecule has 0 spiro atoms. The van der Waals surface area contributed by atoms with Crippen molar-refractivity contribution >= 4 is 20.2 Å². The Morgan fingerprint density at radius 2 is 1.70 bits per heavy atom. The number of piperazine rings is 1. The number of nitrogens with zero attached hydrogens (tertiary/aromatic N) is 4. The minimum absolute atomic E-state index is 0.130. The Labute approximate surface area is 161 Å². The maximum absolute atomic E-state index is 12.5. The molecule has 1 saturated carbocycles. The molecule has 0 amide bonds. The van der Waals surface area contributed by atoms with Gasteiger partial charge < -0.3 is 4.90 Å². The first-order chi connectivity index (χ1) is 12.7. The monoisotopic (exact) mass is 420 g/mol. The van der Waals surface area contributed by atoms with E-state index in [-0.39, 0.29) is 17.0 Å².